The lowest BCUT2D eigenvalue weighted by Crippen LogP contribution is -2.25. The first-order valence-corrected chi connectivity index (χ1v) is 10.7. The van der Waals surface area contributed by atoms with Crippen LogP contribution in [0.5, 0.6) is 11.5 Å². The van der Waals surface area contributed by atoms with Gasteiger partial charge in [0.1, 0.15) is 30.8 Å². The number of ether oxygens (including phenoxy) is 2. The van der Waals surface area contributed by atoms with Gasteiger partial charge < -0.3 is 14.6 Å². The summed E-state index contributed by atoms with van der Waals surface area (Å²) in [5.74, 6) is 0.504. The fourth-order valence-electron chi connectivity index (χ4n) is 3.10. The molecule has 8 heteroatoms. The highest BCUT2D eigenvalue weighted by Crippen LogP contribution is 2.34. The molecule has 1 atom stereocenters. The third-order valence-electron chi connectivity index (χ3n) is 4.64. The van der Waals surface area contributed by atoms with Gasteiger partial charge in [-0.15, -0.1) is 0 Å². The molecule has 1 aliphatic rings. The molecule has 1 saturated heterocycles. The lowest BCUT2D eigenvalue weighted by atomic mass is 10.1. The van der Waals surface area contributed by atoms with Gasteiger partial charge in [0.2, 0.25) is 5.91 Å². The van der Waals surface area contributed by atoms with Crippen LogP contribution in [0.15, 0.2) is 42.0 Å². The summed E-state index contributed by atoms with van der Waals surface area (Å²) in [4.78, 5) is 22.9. The van der Waals surface area contributed by atoms with E-state index < -0.39 is 6.10 Å². The Morgan fingerprint density at radius 2 is 1.81 bits per heavy atom. The molecule has 0 bridgehead atoms. The second-order valence-corrected chi connectivity index (χ2v) is 7.94. The zero-order valence-corrected chi connectivity index (χ0v) is 18.5. The van der Waals surface area contributed by atoms with Crippen LogP contribution in [0.1, 0.15) is 30.9 Å². The van der Waals surface area contributed by atoms with Crippen molar-refractivity contribution in [3.05, 3.63) is 63.1 Å². The van der Waals surface area contributed by atoms with E-state index in [0.717, 1.165) is 24.0 Å². The summed E-state index contributed by atoms with van der Waals surface area (Å²) in [5.41, 5.74) is 2.03. The van der Waals surface area contributed by atoms with Gasteiger partial charge in [-0.2, -0.15) is 0 Å². The summed E-state index contributed by atoms with van der Waals surface area (Å²) in [6, 6.07) is 10.4. The van der Waals surface area contributed by atoms with E-state index in [9.17, 15) is 14.7 Å². The van der Waals surface area contributed by atoms with E-state index in [2.05, 4.69) is 5.32 Å². The molecule has 0 radical (unpaired) electrons. The number of hydrogen-bond acceptors (Lipinski definition) is 5. The van der Waals surface area contributed by atoms with Crippen LogP contribution in [-0.4, -0.2) is 36.2 Å². The molecule has 0 aliphatic carbocycles. The van der Waals surface area contributed by atoms with Gasteiger partial charge in [0.05, 0.1) is 16.5 Å². The van der Waals surface area contributed by atoms with Gasteiger partial charge in [-0.1, -0.05) is 48.7 Å². The first kappa shape index (κ1) is 23.1. The molecule has 0 saturated carbocycles. The van der Waals surface area contributed by atoms with Crippen LogP contribution >= 0.6 is 23.2 Å². The first-order chi connectivity index (χ1) is 14.9. The lowest BCUT2D eigenvalue weighted by molar-refractivity contribution is -0.124. The minimum atomic E-state index is -0.848. The van der Waals surface area contributed by atoms with E-state index in [1.165, 1.54) is 0 Å². The number of benzene rings is 2. The molecule has 1 heterocycles. The standard InChI is InChI=1S/C23H23Cl2NO5/c1-2-3-18-20(9-8-19(24)22(18)25)31-13-16(27)12-30-17-6-4-14(5-7-17)10-15-11-21(28)26-23(15)29/h4-10,16,27H,2-3,11-13H2,1H3,(H,26,28,29)/b15-10-. The average Bonchev–Trinajstić information content (AvgIpc) is 3.07. The molecule has 1 aliphatic heterocycles. The normalized spacial score (nSPS) is 15.8. The third kappa shape index (κ3) is 6.23. The molecule has 2 aromatic rings. The molecule has 0 aromatic heterocycles. The fourth-order valence-corrected chi connectivity index (χ4v) is 3.53. The predicted molar refractivity (Wildman–Crippen MR) is 120 cm³/mol. The number of imide groups is 1. The highest BCUT2D eigenvalue weighted by Gasteiger charge is 2.23. The van der Waals surface area contributed by atoms with Crippen LogP contribution in [-0.2, 0) is 16.0 Å². The Kier molecular flexibility index (Phi) is 7.96. The molecule has 3 rings (SSSR count). The van der Waals surface area contributed by atoms with E-state index in [1.807, 2.05) is 6.92 Å². The molecule has 31 heavy (non-hydrogen) atoms. The van der Waals surface area contributed by atoms with Crippen molar-refractivity contribution in [1.82, 2.24) is 5.32 Å². The van der Waals surface area contributed by atoms with E-state index in [4.69, 9.17) is 32.7 Å². The van der Waals surface area contributed by atoms with Crippen LogP contribution < -0.4 is 14.8 Å². The van der Waals surface area contributed by atoms with Crippen molar-refractivity contribution in [2.45, 2.75) is 32.3 Å². The number of halogens is 2. The molecule has 1 unspecified atom stereocenters. The third-order valence-corrected chi connectivity index (χ3v) is 5.49. The topological polar surface area (TPSA) is 84.9 Å². The number of carbonyl (C=O) groups is 2. The fraction of sp³-hybridized carbons (Fsp3) is 0.304. The van der Waals surface area contributed by atoms with Crippen molar-refractivity contribution in [2.24, 2.45) is 0 Å². The largest absolute Gasteiger partial charge is 0.491 e. The quantitative estimate of drug-likeness (QED) is 0.430. The Balaban J connectivity index is 1.52. The SMILES string of the molecule is CCCc1c(OCC(O)COc2ccc(/C=C3/CC(=O)NC3=O)cc2)ccc(Cl)c1Cl. The van der Waals surface area contributed by atoms with Gasteiger partial charge in [0.25, 0.3) is 5.91 Å². The molecule has 2 N–H and O–H groups in total. The first-order valence-electron chi connectivity index (χ1n) is 9.92. The maximum atomic E-state index is 11.6. The van der Waals surface area contributed by atoms with Crippen LogP contribution in [0.2, 0.25) is 10.0 Å². The van der Waals surface area contributed by atoms with E-state index in [1.54, 1.807) is 42.5 Å². The zero-order valence-electron chi connectivity index (χ0n) is 17.0. The smallest absolute Gasteiger partial charge is 0.254 e. The van der Waals surface area contributed by atoms with E-state index >= 15 is 0 Å². The molecular weight excluding hydrogens is 441 g/mol. The Morgan fingerprint density at radius 3 is 2.45 bits per heavy atom. The van der Waals surface area contributed by atoms with Gasteiger partial charge >= 0.3 is 0 Å². The van der Waals surface area contributed by atoms with Crippen molar-refractivity contribution in [2.75, 3.05) is 13.2 Å². The van der Waals surface area contributed by atoms with Crippen molar-refractivity contribution < 1.29 is 24.2 Å². The van der Waals surface area contributed by atoms with Gasteiger partial charge in [-0.3, -0.25) is 14.9 Å². The van der Waals surface area contributed by atoms with E-state index in [0.29, 0.717) is 27.1 Å². The molecule has 164 valence electrons. The highest BCUT2D eigenvalue weighted by atomic mass is 35.5. The van der Waals surface area contributed by atoms with Crippen molar-refractivity contribution >= 4 is 41.1 Å². The summed E-state index contributed by atoms with van der Waals surface area (Å²) in [6.07, 6.45) is 2.51. The number of carbonyl (C=O) groups excluding carboxylic acids is 2. The molecule has 1 fully saturated rings. The van der Waals surface area contributed by atoms with Gasteiger partial charge in [-0.25, -0.2) is 0 Å². The highest BCUT2D eigenvalue weighted by molar-refractivity contribution is 6.42. The summed E-state index contributed by atoms with van der Waals surface area (Å²) >= 11 is 12.4. The van der Waals surface area contributed by atoms with Crippen LogP contribution in [0.4, 0.5) is 0 Å². The summed E-state index contributed by atoms with van der Waals surface area (Å²) in [7, 11) is 0. The summed E-state index contributed by atoms with van der Waals surface area (Å²) in [6.45, 7) is 2.12. The number of aliphatic hydroxyl groups excluding tert-OH is 1. The predicted octanol–water partition coefficient (Wildman–Crippen LogP) is 4.19. The van der Waals surface area contributed by atoms with Crippen LogP contribution in [0.3, 0.4) is 0 Å². The number of aliphatic hydroxyl groups is 1. The number of hydrogen-bond donors (Lipinski definition) is 2. The minimum Gasteiger partial charge on any atom is -0.491 e. The molecule has 2 amide bonds. The molecule has 0 spiro atoms. The Bertz CT molecular complexity index is 988. The monoisotopic (exact) mass is 463 g/mol. The van der Waals surface area contributed by atoms with Gasteiger partial charge in [0.15, 0.2) is 0 Å². The Hall–Kier alpha value is -2.54. The molecular formula is C23H23Cl2NO5. The average molecular weight is 464 g/mol. The van der Waals surface area contributed by atoms with Crippen molar-refractivity contribution in [3.63, 3.8) is 0 Å². The zero-order chi connectivity index (χ0) is 22.4. The molecule has 6 nitrogen and oxygen atoms in total. The Morgan fingerprint density at radius 1 is 1.10 bits per heavy atom. The lowest BCUT2D eigenvalue weighted by Gasteiger charge is -2.17. The van der Waals surface area contributed by atoms with Crippen molar-refractivity contribution in [3.8, 4) is 11.5 Å². The maximum Gasteiger partial charge on any atom is 0.254 e. The number of amides is 2. The minimum absolute atomic E-state index is 0.0434. The summed E-state index contributed by atoms with van der Waals surface area (Å²) in [5, 5.41) is 13.4. The van der Waals surface area contributed by atoms with E-state index in [-0.39, 0.29) is 31.4 Å². The number of rotatable bonds is 9. The summed E-state index contributed by atoms with van der Waals surface area (Å²) < 4.78 is 11.4. The van der Waals surface area contributed by atoms with Crippen LogP contribution in [0.25, 0.3) is 6.08 Å². The second-order valence-electron chi connectivity index (χ2n) is 7.16. The van der Waals surface area contributed by atoms with Crippen molar-refractivity contribution in [1.29, 1.82) is 0 Å². The Labute approximate surface area is 190 Å². The molecule has 2 aromatic carbocycles. The number of nitrogens with one attached hydrogen (secondary N) is 1. The van der Waals surface area contributed by atoms with Gasteiger partial charge in [0, 0.05) is 11.1 Å². The van der Waals surface area contributed by atoms with Gasteiger partial charge in [-0.05, 0) is 42.3 Å². The van der Waals surface area contributed by atoms with Crippen LogP contribution in [0, 0.1) is 0 Å². The maximum absolute atomic E-state index is 11.6. The second kappa shape index (κ2) is 10.7.